The Kier molecular flexibility index (Phi) is 4.83. The van der Waals surface area contributed by atoms with Crippen LogP contribution in [0.1, 0.15) is 37.3 Å². The third-order valence-corrected chi connectivity index (χ3v) is 4.38. The largest absolute Gasteiger partial charge is 0.368 e. The average Bonchev–Trinajstić information content (AvgIpc) is 3.07. The molecule has 0 spiro atoms. The highest BCUT2D eigenvalue weighted by Crippen LogP contribution is 2.23. The zero-order valence-electron chi connectivity index (χ0n) is 12.3. The van der Waals surface area contributed by atoms with Crippen LogP contribution in [0, 0.1) is 0 Å². The molecule has 0 aromatic carbocycles. The summed E-state index contributed by atoms with van der Waals surface area (Å²) in [6.45, 7) is 2.56. The Hall–Kier alpha value is -1.46. The first-order valence-electron chi connectivity index (χ1n) is 7.86. The van der Waals surface area contributed by atoms with Crippen molar-refractivity contribution in [3.63, 3.8) is 0 Å². The number of carbonyl (C=O) groups is 1. The van der Waals surface area contributed by atoms with E-state index in [0.29, 0.717) is 0 Å². The van der Waals surface area contributed by atoms with E-state index in [2.05, 4.69) is 10.3 Å². The Morgan fingerprint density at radius 1 is 1.43 bits per heavy atom. The van der Waals surface area contributed by atoms with Gasteiger partial charge in [-0.25, -0.2) is 0 Å². The Bertz CT molecular complexity index is 460. The van der Waals surface area contributed by atoms with E-state index >= 15 is 0 Å². The molecule has 3 rings (SSSR count). The van der Waals surface area contributed by atoms with Crippen LogP contribution in [0.4, 0.5) is 0 Å². The van der Waals surface area contributed by atoms with Crippen molar-refractivity contribution < 1.29 is 9.53 Å². The molecule has 114 valence electrons. The van der Waals surface area contributed by atoms with Crippen molar-refractivity contribution >= 4 is 5.91 Å². The fourth-order valence-electron chi connectivity index (χ4n) is 3.20. The van der Waals surface area contributed by atoms with Gasteiger partial charge < -0.3 is 15.0 Å². The van der Waals surface area contributed by atoms with E-state index in [1.165, 1.54) is 12.8 Å². The molecule has 1 unspecified atom stereocenters. The second-order valence-corrected chi connectivity index (χ2v) is 5.81. The van der Waals surface area contributed by atoms with Gasteiger partial charge in [0.05, 0.1) is 12.1 Å². The zero-order valence-corrected chi connectivity index (χ0v) is 12.3. The molecule has 1 amide bonds. The van der Waals surface area contributed by atoms with Crippen LogP contribution in [0.2, 0.25) is 0 Å². The van der Waals surface area contributed by atoms with Gasteiger partial charge in [0.2, 0.25) is 5.91 Å². The fourth-order valence-corrected chi connectivity index (χ4v) is 3.20. The van der Waals surface area contributed by atoms with E-state index in [0.717, 1.165) is 38.0 Å². The highest BCUT2D eigenvalue weighted by molar-refractivity contribution is 5.78. The molecule has 2 heterocycles. The summed E-state index contributed by atoms with van der Waals surface area (Å²) in [6, 6.07) is 4.01. The second kappa shape index (κ2) is 7.00. The summed E-state index contributed by atoms with van der Waals surface area (Å²) in [6.07, 6.45) is 8.54. The molecule has 0 radical (unpaired) electrons. The van der Waals surface area contributed by atoms with Crippen LogP contribution >= 0.6 is 0 Å². The average molecular weight is 289 g/mol. The minimum absolute atomic E-state index is 0.0622. The highest BCUT2D eigenvalue weighted by atomic mass is 16.5. The number of ether oxygens (including phenoxy) is 1. The van der Waals surface area contributed by atoms with Gasteiger partial charge in [-0.2, -0.15) is 0 Å². The van der Waals surface area contributed by atoms with Crippen molar-refractivity contribution in [2.24, 2.45) is 0 Å². The SMILES string of the molecule is O=C(COC1CCCC1)N1CCNCC1c1cccnc1. The highest BCUT2D eigenvalue weighted by Gasteiger charge is 2.28. The summed E-state index contributed by atoms with van der Waals surface area (Å²) >= 11 is 0. The molecule has 1 aromatic heterocycles. The van der Waals surface area contributed by atoms with E-state index in [-0.39, 0.29) is 24.7 Å². The summed E-state index contributed by atoms with van der Waals surface area (Å²) in [5.41, 5.74) is 1.08. The summed E-state index contributed by atoms with van der Waals surface area (Å²) in [7, 11) is 0. The molecule has 2 aliphatic rings. The van der Waals surface area contributed by atoms with Gasteiger partial charge >= 0.3 is 0 Å². The number of amides is 1. The first-order chi connectivity index (χ1) is 10.3. The third kappa shape index (κ3) is 3.60. The molecule has 21 heavy (non-hydrogen) atoms. The first kappa shape index (κ1) is 14.5. The van der Waals surface area contributed by atoms with Gasteiger partial charge in [0, 0.05) is 32.0 Å². The van der Waals surface area contributed by atoms with Gasteiger partial charge in [0.1, 0.15) is 6.61 Å². The number of hydrogen-bond donors (Lipinski definition) is 1. The number of hydrogen-bond acceptors (Lipinski definition) is 4. The molecule has 1 aliphatic carbocycles. The molecule has 1 saturated heterocycles. The maximum Gasteiger partial charge on any atom is 0.249 e. The maximum absolute atomic E-state index is 12.5. The molecule has 5 nitrogen and oxygen atoms in total. The fraction of sp³-hybridized carbons (Fsp3) is 0.625. The Balaban J connectivity index is 1.61. The molecule has 2 fully saturated rings. The van der Waals surface area contributed by atoms with Gasteiger partial charge in [-0.15, -0.1) is 0 Å². The number of piperazine rings is 1. The van der Waals surface area contributed by atoms with E-state index < -0.39 is 0 Å². The molecule has 1 saturated carbocycles. The predicted molar refractivity (Wildman–Crippen MR) is 79.8 cm³/mol. The minimum Gasteiger partial charge on any atom is -0.368 e. The lowest BCUT2D eigenvalue weighted by Gasteiger charge is -2.36. The number of pyridine rings is 1. The van der Waals surface area contributed by atoms with Crippen molar-refractivity contribution in [1.29, 1.82) is 0 Å². The normalized spacial score (nSPS) is 23.4. The third-order valence-electron chi connectivity index (χ3n) is 4.38. The number of carbonyl (C=O) groups excluding carboxylic acids is 1. The lowest BCUT2D eigenvalue weighted by Crippen LogP contribution is -2.50. The Morgan fingerprint density at radius 3 is 3.05 bits per heavy atom. The van der Waals surface area contributed by atoms with Gasteiger partial charge in [0.15, 0.2) is 0 Å². The van der Waals surface area contributed by atoms with Gasteiger partial charge in [-0.3, -0.25) is 9.78 Å². The van der Waals surface area contributed by atoms with Crippen molar-refractivity contribution in [2.45, 2.75) is 37.8 Å². The summed E-state index contributed by atoms with van der Waals surface area (Å²) in [5, 5.41) is 3.35. The first-order valence-corrected chi connectivity index (χ1v) is 7.86. The van der Waals surface area contributed by atoms with Crippen molar-refractivity contribution in [3.05, 3.63) is 30.1 Å². The van der Waals surface area contributed by atoms with Crippen LogP contribution in [-0.2, 0) is 9.53 Å². The molecular weight excluding hydrogens is 266 g/mol. The Morgan fingerprint density at radius 2 is 2.29 bits per heavy atom. The zero-order chi connectivity index (χ0) is 14.5. The molecule has 1 aromatic rings. The number of nitrogens with one attached hydrogen (secondary N) is 1. The molecule has 5 heteroatoms. The summed E-state index contributed by atoms with van der Waals surface area (Å²) in [5.74, 6) is 0.0947. The van der Waals surface area contributed by atoms with Gasteiger partial charge in [0.25, 0.3) is 0 Å². The standard InChI is InChI=1S/C16H23N3O2/c20-16(12-21-14-5-1-2-6-14)19-9-8-18-11-15(19)13-4-3-7-17-10-13/h3-4,7,10,14-15,18H,1-2,5-6,8-9,11-12H2. The van der Waals surface area contributed by atoms with E-state index in [1.54, 1.807) is 6.20 Å². The summed E-state index contributed by atoms with van der Waals surface area (Å²) in [4.78, 5) is 18.6. The molecule has 1 atom stereocenters. The number of rotatable bonds is 4. The quantitative estimate of drug-likeness (QED) is 0.913. The van der Waals surface area contributed by atoms with Crippen LogP contribution in [0.25, 0.3) is 0 Å². The van der Waals surface area contributed by atoms with Crippen LogP contribution in [0.5, 0.6) is 0 Å². The summed E-state index contributed by atoms with van der Waals surface area (Å²) < 4.78 is 5.77. The monoisotopic (exact) mass is 289 g/mol. The molecular formula is C16H23N3O2. The second-order valence-electron chi connectivity index (χ2n) is 5.81. The van der Waals surface area contributed by atoms with Crippen molar-refractivity contribution in [2.75, 3.05) is 26.2 Å². The topological polar surface area (TPSA) is 54.5 Å². The van der Waals surface area contributed by atoms with Gasteiger partial charge in [-0.1, -0.05) is 18.9 Å². The minimum atomic E-state index is 0.0622. The number of aromatic nitrogens is 1. The lowest BCUT2D eigenvalue weighted by molar-refractivity contribution is -0.141. The van der Waals surface area contributed by atoms with Gasteiger partial charge in [-0.05, 0) is 24.5 Å². The van der Waals surface area contributed by atoms with Crippen LogP contribution < -0.4 is 5.32 Å². The van der Waals surface area contributed by atoms with Crippen molar-refractivity contribution in [1.82, 2.24) is 15.2 Å². The van der Waals surface area contributed by atoms with Crippen LogP contribution in [0.3, 0.4) is 0 Å². The van der Waals surface area contributed by atoms with E-state index in [1.807, 2.05) is 23.2 Å². The maximum atomic E-state index is 12.5. The van der Waals surface area contributed by atoms with Crippen LogP contribution in [0.15, 0.2) is 24.5 Å². The van der Waals surface area contributed by atoms with Crippen LogP contribution in [-0.4, -0.2) is 48.1 Å². The Labute approximate surface area is 125 Å². The smallest absolute Gasteiger partial charge is 0.249 e. The molecule has 0 bridgehead atoms. The predicted octanol–water partition coefficient (Wildman–Crippen LogP) is 1.51. The lowest BCUT2D eigenvalue weighted by atomic mass is 10.1. The molecule has 1 N–H and O–H groups in total. The van der Waals surface area contributed by atoms with Crippen molar-refractivity contribution in [3.8, 4) is 0 Å². The molecule has 1 aliphatic heterocycles. The van der Waals surface area contributed by atoms with E-state index in [4.69, 9.17) is 4.74 Å². The number of nitrogens with zero attached hydrogens (tertiary/aromatic N) is 2. The van der Waals surface area contributed by atoms with E-state index in [9.17, 15) is 4.79 Å².